The molecule has 5 nitrogen and oxygen atoms in total. The Hall–Kier alpha value is -2.12. The van der Waals surface area contributed by atoms with E-state index in [1.165, 1.54) is 22.9 Å². The molecule has 1 aromatic carbocycles. The van der Waals surface area contributed by atoms with E-state index in [2.05, 4.69) is 38.7 Å². The summed E-state index contributed by atoms with van der Waals surface area (Å²) in [6.07, 6.45) is 3.19. The highest BCUT2D eigenvalue weighted by Crippen LogP contribution is 2.30. The van der Waals surface area contributed by atoms with Crippen LogP contribution in [0.4, 0.5) is 0 Å². The maximum Gasteiger partial charge on any atom is 0.233 e. The van der Waals surface area contributed by atoms with Gasteiger partial charge in [0.15, 0.2) is 5.82 Å². The number of rotatable bonds is 5. The molecular formula is C19H20N4OS2. The topological polar surface area (TPSA) is 70.7 Å². The molecule has 0 aliphatic heterocycles. The van der Waals surface area contributed by atoms with Crippen molar-refractivity contribution < 1.29 is 4.79 Å². The van der Waals surface area contributed by atoms with Gasteiger partial charge in [-0.05, 0) is 48.8 Å². The first-order chi connectivity index (χ1) is 12.7. The van der Waals surface area contributed by atoms with Crippen molar-refractivity contribution in [2.75, 3.05) is 0 Å². The lowest BCUT2D eigenvalue weighted by Gasteiger charge is -2.27. The highest BCUT2D eigenvalue weighted by Gasteiger charge is 2.24. The van der Waals surface area contributed by atoms with Gasteiger partial charge in [0.25, 0.3) is 0 Å². The number of hydrogen-bond acceptors (Lipinski definition) is 5. The molecule has 0 radical (unpaired) electrons. The molecular weight excluding hydrogens is 364 g/mol. The minimum atomic E-state index is -0.254. The molecule has 0 saturated carbocycles. The van der Waals surface area contributed by atoms with Gasteiger partial charge in [0.1, 0.15) is 0 Å². The summed E-state index contributed by atoms with van der Waals surface area (Å²) in [6.45, 7) is 1.90. The van der Waals surface area contributed by atoms with Crippen molar-refractivity contribution in [1.29, 1.82) is 0 Å². The summed E-state index contributed by atoms with van der Waals surface area (Å²) in [6, 6.07) is 12.5. The van der Waals surface area contributed by atoms with Gasteiger partial charge in [-0.2, -0.15) is 0 Å². The monoisotopic (exact) mass is 384 g/mol. The second-order valence-corrected chi connectivity index (χ2v) is 8.61. The second kappa shape index (κ2) is 7.63. The van der Waals surface area contributed by atoms with E-state index in [0.717, 1.165) is 30.0 Å². The van der Waals surface area contributed by atoms with Gasteiger partial charge < -0.3 is 5.32 Å². The highest BCUT2D eigenvalue weighted by molar-refractivity contribution is 8.00. The minimum Gasteiger partial charge on any atom is -0.348 e. The summed E-state index contributed by atoms with van der Waals surface area (Å²) in [7, 11) is 0. The third-order valence-electron chi connectivity index (χ3n) is 4.56. The molecule has 2 atom stereocenters. The summed E-state index contributed by atoms with van der Waals surface area (Å²) in [5, 5.41) is 12.7. The molecule has 2 aromatic heterocycles. The van der Waals surface area contributed by atoms with Gasteiger partial charge >= 0.3 is 0 Å². The first kappa shape index (κ1) is 17.3. The number of carbonyl (C=O) groups excluding carboxylic acids is 1. The number of aromatic nitrogens is 3. The molecule has 0 unspecified atom stereocenters. The number of nitrogens with one attached hydrogen (secondary N) is 2. The molecule has 0 saturated heterocycles. The minimum absolute atomic E-state index is 0.0270. The van der Waals surface area contributed by atoms with Crippen LogP contribution in [0.15, 0.2) is 46.9 Å². The third kappa shape index (κ3) is 3.68. The van der Waals surface area contributed by atoms with E-state index in [9.17, 15) is 4.79 Å². The molecule has 26 heavy (non-hydrogen) atoms. The van der Waals surface area contributed by atoms with E-state index >= 15 is 0 Å². The Morgan fingerprint density at radius 2 is 2.23 bits per heavy atom. The Labute approximate surface area is 160 Å². The normalized spacial score (nSPS) is 17.5. The number of carbonyl (C=O) groups is 1. The number of aromatic amines is 1. The van der Waals surface area contributed by atoms with E-state index < -0.39 is 0 Å². The molecule has 0 bridgehead atoms. The van der Waals surface area contributed by atoms with E-state index in [-0.39, 0.29) is 17.2 Å². The zero-order chi connectivity index (χ0) is 17.9. The lowest BCUT2D eigenvalue weighted by molar-refractivity contribution is -0.121. The average Bonchev–Trinajstić information content (AvgIpc) is 3.33. The Bertz CT molecular complexity index is 891. The highest BCUT2D eigenvalue weighted by atomic mass is 32.2. The molecule has 2 N–H and O–H groups in total. The van der Waals surface area contributed by atoms with Crippen LogP contribution >= 0.6 is 23.1 Å². The molecule has 134 valence electrons. The summed E-state index contributed by atoms with van der Waals surface area (Å²) < 4.78 is 0. The van der Waals surface area contributed by atoms with Crippen LogP contribution in [-0.2, 0) is 11.2 Å². The van der Waals surface area contributed by atoms with Gasteiger partial charge in [0, 0.05) is 0 Å². The first-order valence-electron chi connectivity index (χ1n) is 8.72. The number of H-pyrrole nitrogens is 1. The summed E-state index contributed by atoms with van der Waals surface area (Å²) in [5.41, 5.74) is 2.60. The largest absolute Gasteiger partial charge is 0.348 e. The van der Waals surface area contributed by atoms with Crippen molar-refractivity contribution in [3.63, 3.8) is 0 Å². The molecule has 0 spiro atoms. The smallest absolute Gasteiger partial charge is 0.233 e. The van der Waals surface area contributed by atoms with Gasteiger partial charge in [-0.3, -0.25) is 9.89 Å². The maximum absolute atomic E-state index is 12.7. The Morgan fingerprint density at radius 3 is 3.08 bits per heavy atom. The number of thioether (sulfide) groups is 1. The predicted molar refractivity (Wildman–Crippen MR) is 105 cm³/mol. The van der Waals surface area contributed by atoms with Crippen LogP contribution in [0.1, 0.15) is 36.9 Å². The molecule has 1 amide bonds. The van der Waals surface area contributed by atoms with Crippen LogP contribution in [0.25, 0.3) is 10.7 Å². The molecule has 4 rings (SSSR count). The second-order valence-electron chi connectivity index (χ2n) is 6.36. The van der Waals surface area contributed by atoms with Crippen LogP contribution < -0.4 is 5.32 Å². The number of fused-ring (bicyclic) bond motifs is 1. The quantitative estimate of drug-likeness (QED) is 0.647. The summed E-state index contributed by atoms with van der Waals surface area (Å²) in [5.74, 6) is 0.774. The fourth-order valence-corrected chi connectivity index (χ4v) is 4.62. The van der Waals surface area contributed by atoms with E-state index in [1.807, 2.05) is 30.5 Å². The Balaban J connectivity index is 1.40. The molecule has 1 aliphatic carbocycles. The first-order valence-corrected chi connectivity index (χ1v) is 10.5. The molecule has 1 aliphatic rings. The maximum atomic E-state index is 12.7. The summed E-state index contributed by atoms with van der Waals surface area (Å²) in [4.78, 5) is 18.2. The van der Waals surface area contributed by atoms with Crippen molar-refractivity contribution in [3.05, 3.63) is 52.9 Å². The van der Waals surface area contributed by atoms with Crippen LogP contribution in [-0.4, -0.2) is 26.3 Å². The van der Waals surface area contributed by atoms with E-state index in [1.54, 1.807) is 11.3 Å². The zero-order valence-electron chi connectivity index (χ0n) is 14.4. The number of benzene rings is 1. The van der Waals surface area contributed by atoms with E-state index in [0.29, 0.717) is 5.16 Å². The van der Waals surface area contributed by atoms with Gasteiger partial charge in [0.05, 0.1) is 16.2 Å². The number of aryl methyl sites for hydroxylation is 1. The molecule has 2 heterocycles. The average molecular weight is 385 g/mol. The van der Waals surface area contributed by atoms with Gasteiger partial charge in [-0.1, -0.05) is 42.1 Å². The van der Waals surface area contributed by atoms with Gasteiger partial charge in [-0.15, -0.1) is 16.4 Å². The fraction of sp³-hybridized carbons (Fsp3) is 0.316. The number of nitrogens with zero attached hydrogens (tertiary/aromatic N) is 2. The lowest BCUT2D eigenvalue weighted by atomic mass is 9.88. The van der Waals surface area contributed by atoms with Gasteiger partial charge in [-0.25, -0.2) is 4.98 Å². The number of amides is 1. The SMILES string of the molecule is C[C@@H](Sc1n[nH]c(-c2cccs2)n1)C(=O)N[C@H]1CCCc2ccccc21. The zero-order valence-corrected chi connectivity index (χ0v) is 16.1. The van der Waals surface area contributed by atoms with Crippen molar-refractivity contribution >= 4 is 29.0 Å². The van der Waals surface area contributed by atoms with Crippen molar-refractivity contribution in [1.82, 2.24) is 20.5 Å². The van der Waals surface area contributed by atoms with Crippen LogP contribution in [0, 0.1) is 0 Å². The van der Waals surface area contributed by atoms with Crippen molar-refractivity contribution in [2.45, 2.75) is 42.6 Å². The van der Waals surface area contributed by atoms with Crippen LogP contribution in [0.2, 0.25) is 0 Å². The van der Waals surface area contributed by atoms with Crippen LogP contribution in [0.3, 0.4) is 0 Å². The van der Waals surface area contributed by atoms with Crippen molar-refractivity contribution in [2.24, 2.45) is 0 Å². The molecule has 0 fully saturated rings. The Morgan fingerprint density at radius 1 is 1.35 bits per heavy atom. The predicted octanol–water partition coefficient (Wildman–Crippen LogP) is 4.21. The van der Waals surface area contributed by atoms with Crippen LogP contribution in [0.5, 0.6) is 0 Å². The Kier molecular flexibility index (Phi) is 5.08. The third-order valence-corrected chi connectivity index (χ3v) is 6.39. The van der Waals surface area contributed by atoms with Gasteiger partial charge in [0.2, 0.25) is 11.1 Å². The fourth-order valence-electron chi connectivity index (χ4n) is 3.23. The standard InChI is InChI=1S/C19H20N4OS2/c1-12(26-19-21-17(22-23-19)16-10-5-11-25-16)18(24)20-15-9-4-7-13-6-2-3-8-14(13)15/h2-3,5-6,8,10-12,15H,4,7,9H2,1H3,(H,20,24)(H,21,22,23)/t12-,15+/m1/s1. The molecule has 3 aromatic rings. The lowest BCUT2D eigenvalue weighted by Crippen LogP contribution is -2.35. The van der Waals surface area contributed by atoms with E-state index in [4.69, 9.17) is 0 Å². The number of hydrogen-bond donors (Lipinski definition) is 2. The van der Waals surface area contributed by atoms with Crippen molar-refractivity contribution in [3.8, 4) is 10.7 Å². The number of thiophene rings is 1. The summed E-state index contributed by atoms with van der Waals surface area (Å²) >= 11 is 2.99. The molecule has 7 heteroatoms.